The van der Waals surface area contributed by atoms with E-state index < -0.39 is 17.6 Å². The van der Waals surface area contributed by atoms with Crippen molar-refractivity contribution in [2.24, 2.45) is 0 Å². The predicted octanol–water partition coefficient (Wildman–Crippen LogP) is 5.87. The van der Waals surface area contributed by atoms with Crippen molar-refractivity contribution in [1.82, 2.24) is 0 Å². The molecule has 0 radical (unpaired) electrons. The van der Waals surface area contributed by atoms with Crippen LogP contribution in [0.4, 0.5) is 4.39 Å². The average molecular weight is 400 g/mol. The highest BCUT2D eigenvalue weighted by Gasteiger charge is 2.23. The average Bonchev–Trinajstić information content (AvgIpc) is 2.70. The highest BCUT2D eigenvalue weighted by atomic mass is 19.1. The first-order valence-electron chi connectivity index (χ1n) is 10.5. The minimum Gasteiger partial charge on any atom is -0.419 e. The maximum atomic E-state index is 12.9. The number of carbonyl (C=O) groups is 3. The molecular formula is C24H29FO4. The second kappa shape index (κ2) is 12.1. The van der Waals surface area contributed by atoms with Crippen LogP contribution in [0.15, 0.2) is 47.7 Å². The SMILES string of the molecule is CCCCCCCCCCCC1=CC(=O)C(OC(=O)c2ccc(F)cc2)=CC1=O. The van der Waals surface area contributed by atoms with Gasteiger partial charge in [-0.1, -0.05) is 58.3 Å². The lowest BCUT2D eigenvalue weighted by Crippen LogP contribution is -2.18. The maximum absolute atomic E-state index is 12.9. The normalized spacial score (nSPS) is 13.9. The fourth-order valence-electron chi connectivity index (χ4n) is 3.23. The van der Waals surface area contributed by atoms with Crippen molar-refractivity contribution < 1.29 is 23.5 Å². The van der Waals surface area contributed by atoms with Gasteiger partial charge in [-0.05, 0) is 43.2 Å². The van der Waals surface area contributed by atoms with Crippen molar-refractivity contribution in [2.75, 3.05) is 0 Å². The van der Waals surface area contributed by atoms with Gasteiger partial charge in [0, 0.05) is 11.6 Å². The van der Waals surface area contributed by atoms with E-state index in [0.717, 1.165) is 37.5 Å². The summed E-state index contributed by atoms with van der Waals surface area (Å²) in [6.07, 6.45) is 13.5. The molecule has 0 spiro atoms. The van der Waals surface area contributed by atoms with Crippen LogP contribution in [0.1, 0.15) is 81.5 Å². The Morgan fingerprint density at radius 1 is 0.828 bits per heavy atom. The highest BCUT2D eigenvalue weighted by molar-refractivity contribution is 6.19. The molecule has 1 aliphatic rings. The monoisotopic (exact) mass is 400 g/mol. The van der Waals surface area contributed by atoms with E-state index in [1.165, 1.54) is 56.7 Å². The number of rotatable bonds is 12. The molecule has 156 valence electrons. The molecule has 0 bridgehead atoms. The first kappa shape index (κ1) is 22.7. The fourth-order valence-corrected chi connectivity index (χ4v) is 3.23. The number of ketones is 2. The van der Waals surface area contributed by atoms with E-state index >= 15 is 0 Å². The van der Waals surface area contributed by atoms with Gasteiger partial charge in [0.2, 0.25) is 5.78 Å². The minimum atomic E-state index is -0.798. The molecule has 0 aromatic heterocycles. The lowest BCUT2D eigenvalue weighted by Gasteiger charge is -2.12. The lowest BCUT2D eigenvalue weighted by molar-refractivity contribution is -0.117. The lowest BCUT2D eigenvalue weighted by atomic mass is 9.96. The van der Waals surface area contributed by atoms with Gasteiger partial charge in [0.1, 0.15) is 5.82 Å². The zero-order valence-electron chi connectivity index (χ0n) is 17.0. The summed E-state index contributed by atoms with van der Waals surface area (Å²) in [6.45, 7) is 2.21. The Bertz CT molecular complexity index is 775. The van der Waals surface area contributed by atoms with Crippen molar-refractivity contribution in [2.45, 2.75) is 71.1 Å². The van der Waals surface area contributed by atoms with Gasteiger partial charge in [-0.25, -0.2) is 9.18 Å². The Labute approximate surface area is 171 Å². The first-order chi connectivity index (χ1) is 14.0. The number of ether oxygens (including phenoxy) is 1. The molecule has 1 aliphatic carbocycles. The molecule has 0 unspecified atom stereocenters. The molecule has 4 nitrogen and oxygen atoms in total. The highest BCUT2D eigenvalue weighted by Crippen LogP contribution is 2.20. The van der Waals surface area contributed by atoms with Crippen LogP contribution >= 0.6 is 0 Å². The Kier molecular flexibility index (Phi) is 9.48. The Morgan fingerprint density at radius 3 is 2.03 bits per heavy atom. The maximum Gasteiger partial charge on any atom is 0.343 e. The van der Waals surface area contributed by atoms with Gasteiger partial charge >= 0.3 is 5.97 Å². The van der Waals surface area contributed by atoms with Crippen molar-refractivity contribution in [3.05, 3.63) is 59.1 Å². The topological polar surface area (TPSA) is 60.4 Å². The summed E-state index contributed by atoms with van der Waals surface area (Å²) in [7, 11) is 0. The van der Waals surface area contributed by atoms with Crippen molar-refractivity contribution in [3.8, 4) is 0 Å². The van der Waals surface area contributed by atoms with Gasteiger partial charge in [-0.3, -0.25) is 9.59 Å². The summed E-state index contributed by atoms with van der Waals surface area (Å²) >= 11 is 0. The van der Waals surface area contributed by atoms with Crippen molar-refractivity contribution >= 4 is 17.5 Å². The number of unbranched alkanes of at least 4 members (excludes halogenated alkanes) is 8. The summed E-state index contributed by atoms with van der Waals surface area (Å²) in [5.74, 6) is -2.36. The van der Waals surface area contributed by atoms with Crippen molar-refractivity contribution in [3.63, 3.8) is 0 Å². The van der Waals surface area contributed by atoms with Crippen LogP contribution < -0.4 is 0 Å². The second-order valence-corrected chi connectivity index (χ2v) is 7.38. The summed E-state index contributed by atoms with van der Waals surface area (Å²) < 4.78 is 18.0. The van der Waals surface area contributed by atoms with E-state index in [1.54, 1.807) is 0 Å². The number of allylic oxidation sites excluding steroid dienone is 3. The third-order valence-corrected chi connectivity index (χ3v) is 4.96. The van der Waals surface area contributed by atoms with Crippen LogP contribution in [-0.2, 0) is 14.3 Å². The standard InChI is InChI=1S/C24H29FO4/c1-2-3-4-5-6-7-8-9-10-11-19-16-22(27)23(17-21(19)26)29-24(28)18-12-14-20(25)15-13-18/h12-17H,2-11H2,1H3. The van der Waals surface area contributed by atoms with Gasteiger partial charge in [0.15, 0.2) is 11.5 Å². The van der Waals surface area contributed by atoms with Crippen LogP contribution in [0.2, 0.25) is 0 Å². The zero-order valence-corrected chi connectivity index (χ0v) is 17.0. The molecule has 0 heterocycles. The molecule has 0 saturated heterocycles. The Balaban J connectivity index is 1.73. The van der Waals surface area contributed by atoms with Crippen LogP contribution in [0.25, 0.3) is 0 Å². The summed E-state index contributed by atoms with van der Waals surface area (Å²) in [6, 6.07) is 4.78. The zero-order chi connectivity index (χ0) is 21.1. The van der Waals surface area contributed by atoms with Gasteiger partial charge in [-0.15, -0.1) is 0 Å². The van der Waals surface area contributed by atoms with E-state index in [-0.39, 0.29) is 17.1 Å². The number of esters is 1. The molecule has 0 aliphatic heterocycles. The van der Waals surface area contributed by atoms with E-state index in [2.05, 4.69) is 6.92 Å². The molecule has 1 aromatic rings. The predicted molar refractivity (Wildman–Crippen MR) is 110 cm³/mol. The van der Waals surface area contributed by atoms with E-state index in [4.69, 9.17) is 4.74 Å². The van der Waals surface area contributed by atoms with E-state index in [0.29, 0.717) is 12.0 Å². The number of halogens is 1. The number of hydrogen-bond donors (Lipinski definition) is 0. The van der Waals surface area contributed by atoms with Gasteiger partial charge in [0.05, 0.1) is 5.56 Å². The molecule has 29 heavy (non-hydrogen) atoms. The van der Waals surface area contributed by atoms with Gasteiger partial charge in [-0.2, -0.15) is 0 Å². The molecule has 1 aromatic carbocycles. The quantitative estimate of drug-likeness (QED) is 0.250. The molecule has 0 N–H and O–H groups in total. The van der Waals surface area contributed by atoms with Crippen LogP contribution in [0.3, 0.4) is 0 Å². The van der Waals surface area contributed by atoms with Crippen molar-refractivity contribution in [1.29, 1.82) is 0 Å². The molecule has 0 fully saturated rings. The summed E-state index contributed by atoms with van der Waals surface area (Å²) in [5, 5.41) is 0. The van der Waals surface area contributed by atoms with E-state index in [9.17, 15) is 18.8 Å². The third-order valence-electron chi connectivity index (χ3n) is 4.96. The van der Waals surface area contributed by atoms with Crippen LogP contribution in [-0.4, -0.2) is 17.5 Å². The molecule has 0 amide bonds. The molecule has 2 rings (SSSR count). The number of hydrogen-bond acceptors (Lipinski definition) is 4. The van der Waals surface area contributed by atoms with Gasteiger partial charge < -0.3 is 4.74 Å². The molecule has 0 saturated carbocycles. The first-order valence-corrected chi connectivity index (χ1v) is 10.5. The smallest absolute Gasteiger partial charge is 0.343 e. The van der Waals surface area contributed by atoms with Gasteiger partial charge in [0.25, 0.3) is 0 Å². The Hall–Kier alpha value is -2.56. The Morgan fingerprint density at radius 2 is 1.41 bits per heavy atom. The number of carbonyl (C=O) groups excluding carboxylic acids is 3. The molecular weight excluding hydrogens is 371 g/mol. The summed E-state index contributed by atoms with van der Waals surface area (Å²) in [5.41, 5.74) is 0.566. The molecule has 5 heteroatoms. The minimum absolute atomic E-state index is 0.108. The third kappa shape index (κ3) is 7.76. The fraction of sp³-hybridized carbons (Fsp3) is 0.458. The second-order valence-electron chi connectivity index (χ2n) is 7.38. The largest absolute Gasteiger partial charge is 0.419 e. The van der Waals surface area contributed by atoms with E-state index in [1.807, 2.05) is 0 Å². The van der Waals surface area contributed by atoms with Crippen LogP contribution in [0, 0.1) is 5.82 Å². The molecule has 0 atom stereocenters. The van der Waals surface area contributed by atoms with Crippen LogP contribution in [0.5, 0.6) is 0 Å². The summed E-state index contributed by atoms with van der Waals surface area (Å²) in [4.78, 5) is 36.5. The number of benzene rings is 1.